The molecule has 0 spiro atoms. The van der Waals surface area contributed by atoms with Crippen molar-refractivity contribution in [1.82, 2.24) is 19.7 Å². The molecule has 0 saturated carbocycles. The lowest BCUT2D eigenvalue weighted by molar-refractivity contribution is 0.833. The summed E-state index contributed by atoms with van der Waals surface area (Å²) >= 11 is 3.42. The highest BCUT2D eigenvalue weighted by molar-refractivity contribution is 9.09. The van der Waals surface area contributed by atoms with Crippen LogP contribution in [0.2, 0.25) is 0 Å². The zero-order chi connectivity index (χ0) is 11.4. The summed E-state index contributed by atoms with van der Waals surface area (Å²) < 4.78 is 1.79. The number of hydrogen-bond acceptors (Lipinski definition) is 3. The third kappa shape index (κ3) is 2.66. The molecule has 0 radical (unpaired) electrons. The number of alkyl halides is 1. The molecule has 0 fully saturated rings. The van der Waals surface area contributed by atoms with Crippen molar-refractivity contribution < 1.29 is 0 Å². The fourth-order valence-corrected chi connectivity index (χ4v) is 1.73. The highest BCUT2D eigenvalue weighted by atomic mass is 79.9. The summed E-state index contributed by atoms with van der Waals surface area (Å²) in [6.07, 6.45) is 7.62. The third-order valence-corrected chi connectivity index (χ3v) is 2.82. The predicted octanol–water partition coefficient (Wildman–Crippen LogP) is 2.30. The molecule has 0 aliphatic rings. The van der Waals surface area contributed by atoms with Crippen molar-refractivity contribution in [1.29, 1.82) is 0 Å². The molecule has 0 unspecified atom stereocenters. The van der Waals surface area contributed by atoms with Crippen LogP contribution in [0.3, 0.4) is 0 Å². The second kappa shape index (κ2) is 5.21. The molecule has 0 N–H and O–H groups in total. The summed E-state index contributed by atoms with van der Waals surface area (Å²) in [4.78, 5) is 8.25. The van der Waals surface area contributed by atoms with E-state index in [1.165, 1.54) is 5.56 Å². The molecule has 0 atom stereocenters. The zero-order valence-corrected chi connectivity index (χ0v) is 10.7. The average molecular weight is 281 g/mol. The largest absolute Gasteiger partial charge is 0.242 e. The molecule has 0 saturated heterocycles. The van der Waals surface area contributed by atoms with Gasteiger partial charge in [0.05, 0.1) is 6.20 Å². The van der Waals surface area contributed by atoms with Gasteiger partial charge in [0.25, 0.3) is 0 Å². The van der Waals surface area contributed by atoms with Crippen molar-refractivity contribution in [2.24, 2.45) is 0 Å². The Kier molecular flexibility index (Phi) is 3.66. The van der Waals surface area contributed by atoms with Crippen LogP contribution >= 0.6 is 15.9 Å². The topological polar surface area (TPSA) is 43.6 Å². The van der Waals surface area contributed by atoms with E-state index in [1.807, 2.05) is 25.4 Å². The number of halogens is 1. The van der Waals surface area contributed by atoms with E-state index < -0.39 is 0 Å². The zero-order valence-electron chi connectivity index (χ0n) is 9.10. The number of aromatic nitrogens is 4. The Labute approximate surface area is 103 Å². The van der Waals surface area contributed by atoms with Crippen molar-refractivity contribution in [3.05, 3.63) is 36.0 Å². The van der Waals surface area contributed by atoms with E-state index in [-0.39, 0.29) is 0 Å². The molecular formula is C11H13BrN4. The molecule has 0 aromatic carbocycles. The van der Waals surface area contributed by atoms with Crippen LogP contribution in [0.25, 0.3) is 5.82 Å². The molecule has 2 aromatic rings. The van der Waals surface area contributed by atoms with Crippen LogP contribution in [0.15, 0.2) is 24.8 Å². The second-order valence-corrected chi connectivity index (χ2v) is 4.40. The van der Waals surface area contributed by atoms with Gasteiger partial charge in [0.2, 0.25) is 0 Å². The first kappa shape index (κ1) is 11.3. The van der Waals surface area contributed by atoms with Gasteiger partial charge in [-0.1, -0.05) is 15.9 Å². The Morgan fingerprint density at radius 2 is 2.25 bits per heavy atom. The second-order valence-electron chi connectivity index (χ2n) is 3.60. The maximum absolute atomic E-state index is 4.29. The fraction of sp³-hybridized carbons (Fsp3) is 0.364. The minimum atomic E-state index is 0.817. The van der Waals surface area contributed by atoms with Crippen LogP contribution in [0.1, 0.15) is 17.7 Å². The molecule has 84 valence electrons. The predicted molar refractivity (Wildman–Crippen MR) is 66.0 cm³/mol. The van der Waals surface area contributed by atoms with E-state index in [9.17, 15) is 0 Å². The Hall–Kier alpha value is -1.23. The van der Waals surface area contributed by atoms with Gasteiger partial charge >= 0.3 is 0 Å². The van der Waals surface area contributed by atoms with Crippen molar-refractivity contribution in [2.45, 2.75) is 19.8 Å². The monoisotopic (exact) mass is 280 g/mol. The van der Waals surface area contributed by atoms with Gasteiger partial charge in [0.15, 0.2) is 5.82 Å². The molecule has 2 heterocycles. The van der Waals surface area contributed by atoms with E-state index in [0.717, 1.165) is 29.7 Å². The van der Waals surface area contributed by atoms with Gasteiger partial charge in [-0.15, -0.1) is 0 Å². The summed E-state index contributed by atoms with van der Waals surface area (Å²) in [6, 6.07) is 1.92. The van der Waals surface area contributed by atoms with E-state index in [1.54, 1.807) is 11.0 Å². The minimum absolute atomic E-state index is 0.817. The SMILES string of the molecule is Cc1cc(-n2cc(CCCBr)cn2)ncn1. The first-order chi connectivity index (χ1) is 7.79. The van der Waals surface area contributed by atoms with Crippen LogP contribution in [0.5, 0.6) is 0 Å². The van der Waals surface area contributed by atoms with Gasteiger partial charge in [0, 0.05) is 23.3 Å². The number of rotatable bonds is 4. The van der Waals surface area contributed by atoms with Gasteiger partial charge in [0.1, 0.15) is 6.33 Å². The standard InChI is InChI=1S/C11H13BrN4/c1-9-5-11(14-8-13-9)16-7-10(6-15-16)3-2-4-12/h5-8H,2-4H2,1H3. The van der Waals surface area contributed by atoms with Gasteiger partial charge in [-0.2, -0.15) is 5.10 Å². The quantitative estimate of drug-likeness (QED) is 0.808. The third-order valence-electron chi connectivity index (χ3n) is 2.26. The molecule has 0 aliphatic heterocycles. The van der Waals surface area contributed by atoms with Crippen LogP contribution in [-0.2, 0) is 6.42 Å². The molecule has 4 nitrogen and oxygen atoms in total. The molecule has 16 heavy (non-hydrogen) atoms. The normalized spacial score (nSPS) is 10.6. The maximum atomic E-state index is 4.29. The summed E-state index contributed by atoms with van der Waals surface area (Å²) in [5.74, 6) is 0.817. The van der Waals surface area contributed by atoms with Gasteiger partial charge in [-0.3, -0.25) is 0 Å². The smallest absolute Gasteiger partial charge is 0.156 e. The first-order valence-corrected chi connectivity index (χ1v) is 6.30. The summed E-state index contributed by atoms with van der Waals surface area (Å²) in [5.41, 5.74) is 2.18. The molecule has 0 aliphatic carbocycles. The molecular weight excluding hydrogens is 268 g/mol. The van der Waals surface area contributed by atoms with Crippen molar-refractivity contribution in [3.63, 3.8) is 0 Å². The van der Waals surface area contributed by atoms with Gasteiger partial charge in [-0.05, 0) is 25.3 Å². The van der Waals surface area contributed by atoms with Crippen molar-refractivity contribution in [3.8, 4) is 5.82 Å². The summed E-state index contributed by atoms with van der Waals surface area (Å²) in [7, 11) is 0. The summed E-state index contributed by atoms with van der Waals surface area (Å²) in [6.45, 7) is 1.94. The summed E-state index contributed by atoms with van der Waals surface area (Å²) in [5, 5.41) is 5.31. The molecule has 5 heteroatoms. The van der Waals surface area contributed by atoms with E-state index in [2.05, 4.69) is 31.0 Å². The van der Waals surface area contributed by atoms with Crippen LogP contribution in [-0.4, -0.2) is 25.1 Å². The molecule has 2 rings (SSSR count). The van der Waals surface area contributed by atoms with Crippen molar-refractivity contribution >= 4 is 15.9 Å². The lowest BCUT2D eigenvalue weighted by atomic mass is 10.2. The van der Waals surface area contributed by atoms with Crippen LogP contribution in [0, 0.1) is 6.92 Å². The molecule has 2 aromatic heterocycles. The number of aryl methyl sites for hydroxylation is 2. The lowest BCUT2D eigenvalue weighted by Crippen LogP contribution is -1.99. The molecule has 0 amide bonds. The maximum Gasteiger partial charge on any atom is 0.156 e. The number of hydrogen-bond donors (Lipinski definition) is 0. The Morgan fingerprint density at radius 1 is 1.38 bits per heavy atom. The Morgan fingerprint density at radius 3 is 3.00 bits per heavy atom. The Balaban J connectivity index is 2.18. The van der Waals surface area contributed by atoms with E-state index in [0.29, 0.717) is 0 Å². The minimum Gasteiger partial charge on any atom is -0.242 e. The lowest BCUT2D eigenvalue weighted by Gasteiger charge is -1.99. The van der Waals surface area contributed by atoms with Gasteiger partial charge < -0.3 is 0 Å². The number of nitrogens with zero attached hydrogens (tertiary/aromatic N) is 4. The van der Waals surface area contributed by atoms with Crippen LogP contribution in [0.4, 0.5) is 0 Å². The Bertz CT molecular complexity index is 467. The molecule has 0 bridgehead atoms. The highest BCUT2D eigenvalue weighted by Gasteiger charge is 2.02. The average Bonchev–Trinajstić information content (AvgIpc) is 2.75. The van der Waals surface area contributed by atoms with Crippen molar-refractivity contribution in [2.75, 3.05) is 5.33 Å². The first-order valence-electron chi connectivity index (χ1n) is 5.18. The van der Waals surface area contributed by atoms with E-state index >= 15 is 0 Å². The van der Waals surface area contributed by atoms with E-state index in [4.69, 9.17) is 0 Å². The van der Waals surface area contributed by atoms with Crippen LogP contribution < -0.4 is 0 Å². The van der Waals surface area contributed by atoms with Gasteiger partial charge in [-0.25, -0.2) is 14.6 Å². The fourth-order valence-electron chi connectivity index (χ4n) is 1.45. The highest BCUT2D eigenvalue weighted by Crippen LogP contribution is 2.08.